The SMILES string of the molecule is COCCCNCCCCOc1ccccc1-c1ccccc1.O=C(O)C(=O)O. The number of para-hydroxylation sites is 1. The van der Waals surface area contributed by atoms with E-state index >= 15 is 0 Å². The topological polar surface area (TPSA) is 105 Å². The molecule has 0 aromatic heterocycles. The van der Waals surface area contributed by atoms with E-state index in [1.807, 2.05) is 18.2 Å². The number of carboxylic acid groups (broad SMARTS) is 2. The van der Waals surface area contributed by atoms with Gasteiger partial charge in [-0.2, -0.15) is 0 Å². The van der Waals surface area contributed by atoms with Gasteiger partial charge in [0.2, 0.25) is 0 Å². The first-order valence-electron chi connectivity index (χ1n) is 9.49. The summed E-state index contributed by atoms with van der Waals surface area (Å²) in [7, 11) is 1.74. The van der Waals surface area contributed by atoms with Gasteiger partial charge < -0.3 is 25.0 Å². The number of hydrogen-bond donors (Lipinski definition) is 3. The number of unbranched alkanes of at least 4 members (excludes halogenated alkanes) is 1. The van der Waals surface area contributed by atoms with Crippen LogP contribution in [0, 0.1) is 0 Å². The summed E-state index contributed by atoms with van der Waals surface area (Å²) in [6.07, 6.45) is 3.25. The third-order valence-corrected chi connectivity index (χ3v) is 3.86. The average Bonchev–Trinajstić information content (AvgIpc) is 2.74. The Morgan fingerprint density at radius 2 is 1.45 bits per heavy atom. The first-order valence-corrected chi connectivity index (χ1v) is 9.49. The third-order valence-electron chi connectivity index (χ3n) is 3.86. The fourth-order valence-corrected chi connectivity index (χ4v) is 2.45. The van der Waals surface area contributed by atoms with Crippen LogP contribution in [0.3, 0.4) is 0 Å². The van der Waals surface area contributed by atoms with Gasteiger partial charge in [-0.15, -0.1) is 0 Å². The van der Waals surface area contributed by atoms with Crippen LogP contribution in [0.4, 0.5) is 0 Å². The lowest BCUT2D eigenvalue weighted by Gasteiger charge is -2.11. The van der Waals surface area contributed by atoms with Crippen molar-refractivity contribution in [2.75, 3.05) is 33.4 Å². The molecule has 7 nitrogen and oxygen atoms in total. The zero-order valence-corrected chi connectivity index (χ0v) is 16.7. The molecule has 0 aliphatic rings. The average molecular weight is 403 g/mol. The standard InChI is InChI=1S/C20H27NO2.C2H2O4/c1-22-16-9-15-21-14-7-8-17-23-20-13-6-5-12-19(20)18-10-3-2-4-11-18;3-1(4)2(5)6/h2-6,10-13,21H,7-9,14-17H2,1H3;(H,3,4)(H,5,6). The van der Waals surface area contributed by atoms with Gasteiger partial charge in [-0.05, 0) is 44.0 Å². The van der Waals surface area contributed by atoms with E-state index < -0.39 is 11.9 Å². The molecule has 2 aromatic rings. The van der Waals surface area contributed by atoms with Crippen LogP contribution >= 0.6 is 0 Å². The van der Waals surface area contributed by atoms with Crippen molar-refractivity contribution in [2.45, 2.75) is 19.3 Å². The lowest BCUT2D eigenvalue weighted by molar-refractivity contribution is -0.159. The van der Waals surface area contributed by atoms with Crippen LogP contribution in [-0.2, 0) is 14.3 Å². The number of hydrogen-bond acceptors (Lipinski definition) is 5. The summed E-state index contributed by atoms with van der Waals surface area (Å²) in [6.45, 7) is 3.63. The molecule has 7 heteroatoms. The number of benzene rings is 2. The lowest BCUT2D eigenvalue weighted by atomic mass is 10.1. The van der Waals surface area contributed by atoms with Gasteiger partial charge in [0.15, 0.2) is 0 Å². The summed E-state index contributed by atoms with van der Waals surface area (Å²) in [5.41, 5.74) is 2.36. The van der Waals surface area contributed by atoms with Crippen molar-refractivity contribution in [2.24, 2.45) is 0 Å². The highest BCUT2D eigenvalue weighted by Crippen LogP contribution is 2.29. The van der Waals surface area contributed by atoms with E-state index in [9.17, 15) is 0 Å². The van der Waals surface area contributed by atoms with Crippen LogP contribution in [0.1, 0.15) is 19.3 Å². The summed E-state index contributed by atoms with van der Waals surface area (Å²) in [4.78, 5) is 18.2. The number of carbonyl (C=O) groups is 2. The number of rotatable bonds is 11. The molecule has 0 saturated carbocycles. The van der Waals surface area contributed by atoms with Gasteiger partial charge in [-0.1, -0.05) is 48.5 Å². The van der Waals surface area contributed by atoms with Crippen molar-refractivity contribution < 1.29 is 29.3 Å². The highest BCUT2D eigenvalue weighted by Gasteiger charge is 2.05. The van der Waals surface area contributed by atoms with Crippen molar-refractivity contribution in [3.8, 4) is 16.9 Å². The van der Waals surface area contributed by atoms with Crippen molar-refractivity contribution in [3.05, 3.63) is 54.6 Å². The first kappa shape index (κ1) is 24.1. The molecule has 0 aliphatic heterocycles. The fourth-order valence-electron chi connectivity index (χ4n) is 2.45. The Morgan fingerprint density at radius 1 is 0.828 bits per heavy atom. The number of nitrogens with one attached hydrogen (secondary N) is 1. The smallest absolute Gasteiger partial charge is 0.414 e. The predicted octanol–water partition coefficient (Wildman–Crippen LogP) is 3.29. The van der Waals surface area contributed by atoms with Gasteiger partial charge in [0.25, 0.3) is 0 Å². The second-order valence-electron chi connectivity index (χ2n) is 6.12. The quantitative estimate of drug-likeness (QED) is 0.390. The highest BCUT2D eigenvalue weighted by atomic mass is 16.5. The largest absolute Gasteiger partial charge is 0.493 e. The van der Waals surface area contributed by atoms with E-state index in [2.05, 4.69) is 41.7 Å². The first-order chi connectivity index (χ1) is 14.1. The number of carboxylic acids is 2. The van der Waals surface area contributed by atoms with E-state index in [-0.39, 0.29) is 0 Å². The predicted molar refractivity (Wildman–Crippen MR) is 111 cm³/mol. The van der Waals surface area contributed by atoms with Gasteiger partial charge in [0.05, 0.1) is 6.61 Å². The molecule has 0 radical (unpaired) electrons. The zero-order chi connectivity index (χ0) is 21.3. The number of ether oxygens (including phenoxy) is 2. The summed E-state index contributed by atoms with van der Waals surface area (Å²) < 4.78 is 11.0. The Kier molecular flexibility index (Phi) is 12.5. The van der Waals surface area contributed by atoms with E-state index in [1.54, 1.807) is 7.11 Å². The zero-order valence-electron chi connectivity index (χ0n) is 16.7. The summed E-state index contributed by atoms with van der Waals surface area (Å²) in [5.74, 6) is -2.68. The monoisotopic (exact) mass is 403 g/mol. The Balaban J connectivity index is 0.000000612. The maximum atomic E-state index is 9.10. The van der Waals surface area contributed by atoms with Crippen LogP contribution in [0.2, 0.25) is 0 Å². The molecule has 0 spiro atoms. The molecule has 2 aromatic carbocycles. The van der Waals surface area contributed by atoms with Crippen molar-refractivity contribution in [1.82, 2.24) is 5.32 Å². The minimum absolute atomic E-state index is 0.754. The third kappa shape index (κ3) is 10.9. The Hall–Kier alpha value is -2.90. The molecule has 0 heterocycles. The molecule has 0 atom stereocenters. The molecule has 29 heavy (non-hydrogen) atoms. The van der Waals surface area contributed by atoms with Crippen molar-refractivity contribution in [1.29, 1.82) is 0 Å². The summed E-state index contributed by atoms with van der Waals surface area (Å²) in [6, 6.07) is 18.6. The number of methoxy groups -OCH3 is 1. The van der Waals surface area contributed by atoms with Gasteiger partial charge in [0, 0.05) is 19.3 Å². The molecule has 2 rings (SSSR count). The molecule has 0 fully saturated rings. The fraction of sp³-hybridized carbons (Fsp3) is 0.364. The molecule has 0 unspecified atom stereocenters. The molecule has 0 saturated heterocycles. The van der Waals surface area contributed by atoms with Gasteiger partial charge in [-0.3, -0.25) is 0 Å². The van der Waals surface area contributed by atoms with Gasteiger partial charge in [0.1, 0.15) is 5.75 Å². The molecule has 0 amide bonds. The summed E-state index contributed by atoms with van der Waals surface area (Å²) >= 11 is 0. The molecular weight excluding hydrogens is 374 g/mol. The molecular formula is C22H29NO6. The second-order valence-corrected chi connectivity index (χ2v) is 6.12. The Morgan fingerprint density at radius 3 is 2.10 bits per heavy atom. The van der Waals surface area contributed by atoms with Crippen LogP contribution in [0.25, 0.3) is 11.1 Å². The van der Waals surface area contributed by atoms with Crippen LogP contribution in [-0.4, -0.2) is 55.6 Å². The van der Waals surface area contributed by atoms with Crippen molar-refractivity contribution in [3.63, 3.8) is 0 Å². The van der Waals surface area contributed by atoms with Crippen molar-refractivity contribution >= 4 is 11.9 Å². The molecule has 158 valence electrons. The second kappa shape index (κ2) is 15.1. The minimum Gasteiger partial charge on any atom is -0.493 e. The van der Waals surface area contributed by atoms with Crippen LogP contribution in [0.15, 0.2) is 54.6 Å². The lowest BCUT2D eigenvalue weighted by Crippen LogP contribution is -2.18. The minimum atomic E-state index is -1.82. The van der Waals surface area contributed by atoms with E-state index in [1.165, 1.54) is 5.56 Å². The Bertz CT molecular complexity index is 708. The molecule has 3 N–H and O–H groups in total. The van der Waals surface area contributed by atoms with E-state index in [4.69, 9.17) is 29.3 Å². The Labute approximate surface area is 171 Å². The normalized spacial score (nSPS) is 9.97. The molecule has 0 bridgehead atoms. The van der Waals surface area contributed by atoms with E-state index in [0.717, 1.165) is 56.9 Å². The highest BCUT2D eigenvalue weighted by molar-refractivity contribution is 6.27. The van der Waals surface area contributed by atoms with Crippen LogP contribution < -0.4 is 10.1 Å². The molecule has 0 aliphatic carbocycles. The van der Waals surface area contributed by atoms with Gasteiger partial charge in [-0.25, -0.2) is 9.59 Å². The maximum absolute atomic E-state index is 9.10. The van der Waals surface area contributed by atoms with Gasteiger partial charge >= 0.3 is 11.9 Å². The maximum Gasteiger partial charge on any atom is 0.414 e. The number of aliphatic carboxylic acids is 2. The van der Waals surface area contributed by atoms with Crippen LogP contribution in [0.5, 0.6) is 5.75 Å². The van der Waals surface area contributed by atoms with E-state index in [0.29, 0.717) is 0 Å². The summed E-state index contributed by atoms with van der Waals surface area (Å²) in [5, 5.41) is 18.2.